The van der Waals surface area contributed by atoms with Gasteiger partial charge in [0.15, 0.2) is 0 Å². The summed E-state index contributed by atoms with van der Waals surface area (Å²) in [5.74, 6) is 0.288. The Kier molecular flexibility index (Phi) is 5.53. The quantitative estimate of drug-likeness (QED) is 0.832. The molecule has 126 valence electrons. The fourth-order valence-corrected chi connectivity index (χ4v) is 3.25. The number of para-hydroxylation sites is 1. The number of hydrogen-bond donors (Lipinski definition) is 2. The van der Waals surface area contributed by atoms with Crippen LogP contribution in [-0.2, 0) is 0 Å². The van der Waals surface area contributed by atoms with Crippen LogP contribution in [0.2, 0.25) is 10.0 Å². The summed E-state index contributed by atoms with van der Waals surface area (Å²) in [7, 11) is 0. The Balaban J connectivity index is 1.65. The third kappa shape index (κ3) is 4.16. The number of rotatable bonds is 4. The van der Waals surface area contributed by atoms with Crippen molar-refractivity contribution in [2.75, 3.05) is 5.32 Å². The van der Waals surface area contributed by atoms with Gasteiger partial charge in [0.1, 0.15) is 11.5 Å². The van der Waals surface area contributed by atoms with Crippen LogP contribution in [0.5, 0.6) is 0 Å². The van der Waals surface area contributed by atoms with E-state index in [1.54, 1.807) is 18.2 Å². The second-order valence-electron chi connectivity index (χ2n) is 5.82. The number of benzene rings is 1. The highest BCUT2D eigenvalue weighted by Gasteiger charge is 2.17. The number of amides is 1. The maximum absolute atomic E-state index is 12.2. The smallest absolute Gasteiger partial charge is 0.271 e. The minimum absolute atomic E-state index is 0.184. The molecule has 1 aliphatic rings. The molecule has 1 saturated carbocycles. The summed E-state index contributed by atoms with van der Waals surface area (Å²) in [6.45, 7) is 0. The van der Waals surface area contributed by atoms with Crippen molar-refractivity contribution >= 4 is 40.6 Å². The average molecular weight is 365 g/mol. The highest BCUT2D eigenvalue weighted by molar-refractivity contribution is 6.39. The zero-order valence-corrected chi connectivity index (χ0v) is 14.6. The number of anilines is 2. The van der Waals surface area contributed by atoms with Crippen LogP contribution in [0.3, 0.4) is 0 Å². The molecule has 7 heteroatoms. The highest BCUT2D eigenvalue weighted by atomic mass is 35.5. The second-order valence-corrected chi connectivity index (χ2v) is 6.63. The Bertz CT molecular complexity index is 695. The molecule has 2 N–H and O–H groups in total. The second kappa shape index (κ2) is 7.81. The molecule has 1 aromatic heterocycles. The first-order valence-electron chi connectivity index (χ1n) is 7.97. The van der Waals surface area contributed by atoms with E-state index < -0.39 is 0 Å². The van der Waals surface area contributed by atoms with Gasteiger partial charge in [-0.15, -0.1) is 0 Å². The Labute approximate surface area is 150 Å². The Morgan fingerprint density at radius 3 is 2.38 bits per heavy atom. The molecule has 0 spiro atoms. The minimum atomic E-state index is -0.184. The molecular formula is C17H18Cl2N4O. The monoisotopic (exact) mass is 364 g/mol. The molecule has 0 saturated heterocycles. The highest BCUT2D eigenvalue weighted by Crippen LogP contribution is 2.31. The molecule has 1 aromatic carbocycles. The molecule has 1 aliphatic carbocycles. The van der Waals surface area contributed by atoms with Crippen molar-refractivity contribution in [3.05, 3.63) is 46.3 Å². The first-order valence-corrected chi connectivity index (χ1v) is 8.73. The van der Waals surface area contributed by atoms with Crippen LogP contribution in [0.15, 0.2) is 30.6 Å². The van der Waals surface area contributed by atoms with Gasteiger partial charge in [-0.1, -0.05) is 48.5 Å². The summed E-state index contributed by atoms with van der Waals surface area (Å²) in [6, 6.07) is 5.47. The molecule has 0 bridgehead atoms. The van der Waals surface area contributed by atoms with Gasteiger partial charge in [-0.05, 0) is 25.0 Å². The van der Waals surface area contributed by atoms with E-state index in [-0.39, 0.29) is 11.9 Å². The van der Waals surface area contributed by atoms with Crippen molar-refractivity contribution in [1.29, 1.82) is 0 Å². The number of hydrogen-bond acceptors (Lipinski definition) is 4. The molecule has 3 rings (SSSR count). The summed E-state index contributed by atoms with van der Waals surface area (Å²) in [5.41, 5.74) is 0.867. The van der Waals surface area contributed by atoms with E-state index >= 15 is 0 Å². The van der Waals surface area contributed by atoms with Crippen LogP contribution >= 0.6 is 23.2 Å². The van der Waals surface area contributed by atoms with Gasteiger partial charge in [0.05, 0.1) is 28.1 Å². The normalized spacial score (nSPS) is 15.1. The predicted molar refractivity (Wildman–Crippen MR) is 96.1 cm³/mol. The molecule has 0 atom stereocenters. The van der Waals surface area contributed by atoms with Crippen molar-refractivity contribution in [2.24, 2.45) is 0 Å². The topological polar surface area (TPSA) is 66.9 Å². The molecular weight excluding hydrogens is 347 g/mol. The standard InChI is InChI=1S/C17H18Cl2N4O/c18-12-7-4-8-13(19)16(12)23-15-10-20-14(9-21-15)17(24)22-11-5-2-1-3-6-11/h4,7-11H,1-3,5-6H2,(H,21,23)(H,22,24). The largest absolute Gasteiger partial charge is 0.348 e. The molecule has 0 radical (unpaired) electrons. The SMILES string of the molecule is O=C(NC1CCCCC1)c1cnc(Nc2c(Cl)cccc2Cl)cn1. The molecule has 5 nitrogen and oxygen atoms in total. The van der Waals surface area contributed by atoms with Gasteiger partial charge < -0.3 is 10.6 Å². The molecule has 24 heavy (non-hydrogen) atoms. The van der Waals surface area contributed by atoms with Crippen LogP contribution in [0, 0.1) is 0 Å². The van der Waals surface area contributed by atoms with Gasteiger partial charge in [0.2, 0.25) is 0 Å². The fraction of sp³-hybridized carbons (Fsp3) is 0.353. The lowest BCUT2D eigenvalue weighted by Crippen LogP contribution is -2.36. The van der Waals surface area contributed by atoms with E-state index in [1.807, 2.05) is 0 Å². The van der Waals surface area contributed by atoms with E-state index in [0.717, 1.165) is 25.7 Å². The number of nitrogens with one attached hydrogen (secondary N) is 2. The minimum Gasteiger partial charge on any atom is -0.348 e. The van der Waals surface area contributed by atoms with Gasteiger partial charge in [-0.3, -0.25) is 4.79 Å². The van der Waals surface area contributed by atoms with E-state index in [2.05, 4.69) is 20.6 Å². The van der Waals surface area contributed by atoms with Crippen LogP contribution < -0.4 is 10.6 Å². The number of carbonyl (C=O) groups excluding carboxylic acids is 1. The van der Waals surface area contributed by atoms with Crippen molar-refractivity contribution in [3.63, 3.8) is 0 Å². The lowest BCUT2D eigenvalue weighted by molar-refractivity contribution is 0.0922. The summed E-state index contributed by atoms with van der Waals surface area (Å²) < 4.78 is 0. The molecule has 1 fully saturated rings. The van der Waals surface area contributed by atoms with Gasteiger partial charge in [-0.2, -0.15) is 0 Å². The lowest BCUT2D eigenvalue weighted by Gasteiger charge is -2.22. The van der Waals surface area contributed by atoms with Crippen LogP contribution in [0.25, 0.3) is 0 Å². The predicted octanol–water partition coefficient (Wildman–Crippen LogP) is 4.59. The van der Waals surface area contributed by atoms with E-state index in [1.165, 1.54) is 18.8 Å². The first-order chi connectivity index (χ1) is 11.6. The third-order valence-corrected chi connectivity index (χ3v) is 4.67. The van der Waals surface area contributed by atoms with Crippen molar-refractivity contribution in [1.82, 2.24) is 15.3 Å². The molecule has 2 aromatic rings. The van der Waals surface area contributed by atoms with Gasteiger partial charge in [-0.25, -0.2) is 9.97 Å². The van der Waals surface area contributed by atoms with Gasteiger partial charge in [0.25, 0.3) is 5.91 Å². The molecule has 1 amide bonds. The van der Waals surface area contributed by atoms with Crippen LogP contribution in [0.1, 0.15) is 42.6 Å². The number of nitrogens with zero attached hydrogens (tertiary/aromatic N) is 2. The Morgan fingerprint density at radius 2 is 1.75 bits per heavy atom. The van der Waals surface area contributed by atoms with E-state index in [4.69, 9.17) is 23.2 Å². The fourth-order valence-electron chi connectivity index (χ4n) is 2.76. The number of aromatic nitrogens is 2. The van der Waals surface area contributed by atoms with E-state index in [9.17, 15) is 4.79 Å². The molecule has 1 heterocycles. The third-order valence-electron chi connectivity index (χ3n) is 4.04. The first kappa shape index (κ1) is 17.0. The number of halogens is 2. The van der Waals surface area contributed by atoms with Crippen LogP contribution in [-0.4, -0.2) is 21.9 Å². The summed E-state index contributed by atoms with van der Waals surface area (Å²) in [4.78, 5) is 20.6. The van der Waals surface area contributed by atoms with Crippen LogP contribution in [0.4, 0.5) is 11.5 Å². The molecule has 0 aliphatic heterocycles. The Morgan fingerprint density at radius 1 is 1.04 bits per heavy atom. The average Bonchev–Trinajstić information content (AvgIpc) is 2.60. The van der Waals surface area contributed by atoms with Gasteiger partial charge in [0, 0.05) is 6.04 Å². The van der Waals surface area contributed by atoms with Gasteiger partial charge >= 0.3 is 0 Å². The van der Waals surface area contributed by atoms with Crippen molar-refractivity contribution < 1.29 is 4.79 Å². The maximum atomic E-state index is 12.2. The zero-order valence-electron chi connectivity index (χ0n) is 13.1. The van der Waals surface area contributed by atoms with Crippen molar-refractivity contribution in [3.8, 4) is 0 Å². The maximum Gasteiger partial charge on any atom is 0.271 e. The van der Waals surface area contributed by atoms with Crippen molar-refractivity contribution in [2.45, 2.75) is 38.1 Å². The summed E-state index contributed by atoms with van der Waals surface area (Å²) >= 11 is 12.2. The Hall–Kier alpha value is -1.85. The summed E-state index contributed by atoms with van der Waals surface area (Å²) in [5, 5.41) is 7.02. The zero-order chi connectivity index (χ0) is 16.9. The lowest BCUT2D eigenvalue weighted by atomic mass is 9.95. The molecule has 0 unspecified atom stereocenters. The number of carbonyl (C=O) groups is 1. The summed E-state index contributed by atoms with van der Waals surface area (Å²) in [6.07, 6.45) is 8.58. The van der Waals surface area contributed by atoms with E-state index in [0.29, 0.717) is 27.2 Å².